The minimum Gasteiger partial charge on any atom is -0.493 e. The van der Waals surface area contributed by atoms with E-state index in [2.05, 4.69) is 26.8 Å². The van der Waals surface area contributed by atoms with Crippen LogP contribution in [0.3, 0.4) is 0 Å². The molecule has 1 rings (SSSR count). The maximum absolute atomic E-state index is 5.67. The summed E-state index contributed by atoms with van der Waals surface area (Å²) < 4.78 is 10.6. The molecule has 0 bridgehead atoms. The maximum Gasteiger partial charge on any atom is 0.161 e. The number of hydrogen-bond acceptors (Lipinski definition) is 3. The predicted octanol–water partition coefficient (Wildman–Crippen LogP) is 2.64. The van der Waals surface area contributed by atoms with Crippen LogP contribution in [0.25, 0.3) is 0 Å². The third kappa shape index (κ3) is 2.91. The Morgan fingerprint density at radius 1 is 1.12 bits per heavy atom. The average molecular weight is 237 g/mol. The number of hydrogen-bond donors (Lipinski definition) is 1. The second-order valence-corrected chi connectivity index (χ2v) is 4.94. The fraction of sp³-hybridized carbons (Fsp3) is 0.571. The first-order valence-electron chi connectivity index (χ1n) is 5.89. The summed E-state index contributed by atoms with van der Waals surface area (Å²) in [5.74, 6) is 1.55. The molecule has 0 saturated heterocycles. The molecule has 0 aliphatic rings. The molecule has 0 spiro atoms. The van der Waals surface area contributed by atoms with Crippen LogP contribution in [0.2, 0.25) is 0 Å². The Kier molecular flexibility index (Phi) is 4.40. The number of rotatable bonds is 5. The third-order valence-electron chi connectivity index (χ3n) is 3.23. The van der Waals surface area contributed by atoms with E-state index in [1.165, 1.54) is 11.1 Å². The van der Waals surface area contributed by atoms with Gasteiger partial charge < -0.3 is 15.2 Å². The molecule has 0 atom stereocenters. The van der Waals surface area contributed by atoms with Gasteiger partial charge in [-0.15, -0.1) is 0 Å². The van der Waals surface area contributed by atoms with Gasteiger partial charge in [-0.1, -0.05) is 13.8 Å². The summed E-state index contributed by atoms with van der Waals surface area (Å²) >= 11 is 0. The van der Waals surface area contributed by atoms with Gasteiger partial charge in [0, 0.05) is 0 Å². The molecule has 0 aromatic heterocycles. The largest absolute Gasteiger partial charge is 0.493 e. The van der Waals surface area contributed by atoms with E-state index in [9.17, 15) is 0 Å². The minimum atomic E-state index is 0.0540. The fourth-order valence-corrected chi connectivity index (χ4v) is 2.21. The Morgan fingerprint density at radius 3 is 2.12 bits per heavy atom. The summed E-state index contributed by atoms with van der Waals surface area (Å²) in [4.78, 5) is 0. The van der Waals surface area contributed by atoms with Crippen molar-refractivity contribution >= 4 is 0 Å². The Bertz CT molecular complexity index is 386. The molecule has 0 radical (unpaired) electrons. The minimum absolute atomic E-state index is 0.0540. The van der Waals surface area contributed by atoms with Gasteiger partial charge in [0.15, 0.2) is 11.5 Å². The Hall–Kier alpha value is -1.22. The molecule has 0 aliphatic heterocycles. The Labute approximate surface area is 104 Å². The highest BCUT2D eigenvalue weighted by Crippen LogP contribution is 2.37. The molecule has 96 valence electrons. The van der Waals surface area contributed by atoms with E-state index < -0.39 is 0 Å². The van der Waals surface area contributed by atoms with E-state index >= 15 is 0 Å². The number of benzene rings is 1. The number of methoxy groups -OCH3 is 2. The van der Waals surface area contributed by atoms with E-state index in [1.807, 2.05) is 6.07 Å². The first kappa shape index (κ1) is 13.8. The molecule has 17 heavy (non-hydrogen) atoms. The fourth-order valence-electron chi connectivity index (χ4n) is 2.21. The summed E-state index contributed by atoms with van der Waals surface area (Å²) in [7, 11) is 3.31. The zero-order chi connectivity index (χ0) is 13.1. The first-order valence-corrected chi connectivity index (χ1v) is 5.89. The van der Waals surface area contributed by atoms with Gasteiger partial charge in [0.25, 0.3) is 0 Å². The molecular formula is C14H23NO2. The average Bonchev–Trinajstić information content (AvgIpc) is 2.28. The Morgan fingerprint density at radius 2 is 1.65 bits per heavy atom. The van der Waals surface area contributed by atoms with Crippen LogP contribution in [0.1, 0.15) is 31.4 Å². The van der Waals surface area contributed by atoms with Crippen molar-refractivity contribution in [2.24, 2.45) is 5.73 Å². The van der Waals surface area contributed by atoms with Crippen molar-refractivity contribution in [1.29, 1.82) is 0 Å². The summed E-state index contributed by atoms with van der Waals surface area (Å²) in [6.45, 7) is 7.18. The summed E-state index contributed by atoms with van der Waals surface area (Å²) in [6, 6.07) is 4.08. The van der Waals surface area contributed by atoms with Crippen molar-refractivity contribution < 1.29 is 9.47 Å². The summed E-state index contributed by atoms with van der Waals surface area (Å²) in [5, 5.41) is 0. The highest BCUT2D eigenvalue weighted by molar-refractivity contribution is 5.49. The van der Waals surface area contributed by atoms with Crippen LogP contribution in [0, 0.1) is 6.92 Å². The van der Waals surface area contributed by atoms with Crippen molar-refractivity contribution in [2.45, 2.75) is 32.6 Å². The molecule has 0 heterocycles. The molecule has 0 unspecified atom stereocenters. The van der Waals surface area contributed by atoms with Crippen LogP contribution >= 0.6 is 0 Å². The molecule has 3 nitrogen and oxygen atoms in total. The molecular weight excluding hydrogens is 214 g/mol. The number of ether oxygens (including phenoxy) is 2. The molecule has 1 aromatic carbocycles. The van der Waals surface area contributed by atoms with Crippen LogP contribution in [-0.4, -0.2) is 20.8 Å². The molecule has 0 aliphatic carbocycles. The predicted molar refractivity (Wildman–Crippen MR) is 71.0 cm³/mol. The van der Waals surface area contributed by atoms with Crippen molar-refractivity contribution in [3.05, 3.63) is 23.3 Å². The highest BCUT2D eigenvalue weighted by Gasteiger charge is 2.23. The molecule has 0 saturated carbocycles. The van der Waals surface area contributed by atoms with E-state index in [-0.39, 0.29) is 5.41 Å². The van der Waals surface area contributed by atoms with Gasteiger partial charge in [-0.05, 0) is 48.6 Å². The van der Waals surface area contributed by atoms with Crippen molar-refractivity contribution in [3.8, 4) is 11.5 Å². The second-order valence-electron chi connectivity index (χ2n) is 4.94. The van der Waals surface area contributed by atoms with E-state index in [4.69, 9.17) is 15.2 Å². The van der Waals surface area contributed by atoms with E-state index in [0.29, 0.717) is 6.54 Å². The van der Waals surface area contributed by atoms with Crippen molar-refractivity contribution in [1.82, 2.24) is 0 Å². The monoisotopic (exact) mass is 237 g/mol. The number of aryl methyl sites for hydroxylation is 1. The lowest BCUT2D eigenvalue weighted by Gasteiger charge is -2.27. The smallest absolute Gasteiger partial charge is 0.161 e. The molecule has 2 N–H and O–H groups in total. The van der Waals surface area contributed by atoms with Crippen LogP contribution in [-0.2, 0) is 5.41 Å². The van der Waals surface area contributed by atoms with Crippen LogP contribution < -0.4 is 15.2 Å². The third-order valence-corrected chi connectivity index (χ3v) is 3.23. The normalized spacial score (nSPS) is 11.4. The van der Waals surface area contributed by atoms with Gasteiger partial charge in [-0.25, -0.2) is 0 Å². The summed E-state index contributed by atoms with van der Waals surface area (Å²) in [6.07, 6.45) is 0.948. The lowest BCUT2D eigenvalue weighted by Crippen LogP contribution is -2.23. The SMILES string of the molecule is COc1cc(C)c(C(C)(C)CCN)cc1OC. The number of nitrogens with two attached hydrogens (primary N) is 1. The van der Waals surface area contributed by atoms with Crippen LogP contribution in [0.4, 0.5) is 0 Å². The van der Waals surface area contributed by atoms with Crippen molar-refractivity contribution in [3.63, 3.8) is 0 Å². The van der Waals surface area contributed by atoms with Crippen molar-refractivity contribution in [2.75, 3.05) is 20.8 Å². The second kappa shape index (κ2) is 5.41. The highest BCUT2D eigenvalue weighted by atomic mass is 16.5. The van der Waals surface area contributed by atoms with E-state index in [0.717, 1.165) is 17.9 Å². The van der Waals surface area contributed by atoms with Gasteiger partial charge in [-0.3, -0.25) is 0 Å². The van der Waals surface area contributed by atoms with E-state index in [1.54, 1.807) is 14.2 Å². The molecule has 0 amide bonds. The van der Waals surface area contributed by atoms with Gasteiger partial charge in [0.1, 0.15) is 0 Å². The Balaban J connectivity index is 3.25. The maximum atomic E-state index is 5.67. The van der Waals surface area contributed by atoms with Gasteiger partial charge in [0.05, 0.1) is 14.2 Å². The lowest BCUT2D eigenvalue weighted by molar-refractivity contribution is 0.352. The quantitative estimate of drug-likeness (QED) is 0.856. The van der Waals surface area contributed by atoms with Gasteiger partial charge >= 0.3 is 0 Å². The van der Waals surface area contributed by atoms with Gasteiger partial charge in [-0.2, -0.15) is 0 Å². The zero-order valence-electron chi connectivity index (χ0n) is 11.5. The zero-order valence-corrected chi connectivity index (χ0v) is 11.5. The molecule has 0 fully saturated rings. The first-order chi connectivity index (χ1) is 7.96. The molecule has 1 aromatic rings. The molecule has 3 heteroatoms. The summed E-state index contributed by atoms with van der Waals surface area (Å²) in [5.41, 5.74) is 8.20. The van der Waals surface area contributed by atoms with Gasteiger partial charge in [0.2, 0.25) is 0 Å². The topological polar surface area (TPSA) is 44.5 Å². The van der Waals surface area contributed by atoms with Crippen LogP contribution in [0.5, 0.6) is 11.5 Å². The lowest BCUT2D eigenvalue weighted by atomic mass is 9.79. The standard InChI is InChI=1S/C14H23NO2/c1-10-8-12(16-4)13(17-5)9-11(10)14(2,3)6-7-15/h8-9H,6-7,15H2,1-5H3. The van der Waals surface area contributed by atoms with Crippen LogP contribution in [0.15, 0.2) is 12.1 Å².